The zero-order chi connectivity index (χ0) is 7.11. The van der Waals surface area contributed by atoms with Crippen LogP contribution in [0.1, 0.15) is 12.8 Å². The number of hydrogen-bond donors (Lipinski definition) is 3. The highest BCUT2D eigenvalue weighted by atomic mass is 31.2. The predicted molar refractivity (Wildman–Crippen MR) is 37.6 cm³/mol. The van der Waals surface area contributed by atoms with Gasteiger partial charge in [-0.1, -0.05) is 0 Å². The van der Waals surface area contributed by atoms with E-state index in [0.29, 0.717) is 13.2 Å². The summed E-state index contributed by atoms with van der Waals surface area (Å²) >= 11 is 0. The maximum absolute atomic E-state index is 8.44. The van der Waals surface area contributed by atoms with Crippen LogP contribution < -0.4 is 11.2 Å². The fraction of sp³-hybridized carbons (Fsp3) is 1.00. The van der Waals surface area contributed by atoms with Crippen LogP contribution in [0.4, 0.5) is 0 Å². The lowest BCUT2D eigenvalue weighted by molar-refractivity contribution is 0.302. The Morgan fingerprint density at radius 1 is 1.44 bits per heavy atom. The summed E-state index contributed by atoms with van der Waals surface area (Å²) in [6, 6.07) is 0. The lowest BCUT2D eigenvalue weighted by Crippen LogP contribution is -2.01. The smallest absolute Gasteiger partial charge is 0.250 e. The molecule has 0 aromatic heterocycles. The highest BCUT2D eigenvalue weighted by Crippen LogP contribution is 2.19. The zero-order valence-corrected chi connectivity index (χ0v) is 6.18. The monoisotopic (exact) mass is 152 g/mol. The zero-order valence-electron chi connectivity index (χ0n) is 5.29. The molecule has 0 bridgehead atoms. The number of nitrogens with two attached hydrogens (primary N) is 2. The molecule has 0 aromatic rings. The van der Waals surface area contributed by atoms with E-state index in [1.165, 1.54) is 0 Å². The van der Waals surface area contributed by atoms with Gasteiger partial charge >= 0.3 is 0 Å². The van der Waals surface area contributed by atoms with Crippen molar-refractivity contribution < 1.29 is 9.42 Å². The Kier molecular flexibility index (Phi) is 6.58. The molecule has 4 nitrogen and oxygen atoms in total. The second kappa shape index (κ2) is 6.39. The lowest BCUT2D eigenvalue weighted by Gasteiger charge is -2.02. The van der Waals surface area contributed by atoms with Gasteiger partial charge in [-0.3, -0.25) is 5.50 Å². The van der Waals surface area contributed by atoms with Crippen LogP contribution in [0.15, 0.2) is 0 Å². The predicted octanol–water partition coefficient (Wildman–Crippen LogP) is -0.0802. The molecule has 0 fully saturated rings. The van der Waals surface area contributed by atoms with Gasteiger partial charge in [0.05, 0.1) is 6.61 Å². The van der Waals surface area contributed by atoms with E-state index < -0.39 is 8.53 Å². The van der Waals surface area contributed by atoms with Crippen molar-refractivity contribution in [1.29, 1.82) is 0 Å². The molecule has 5 heteroatoms. The van der Waals surface area contributed by atoms with Gasteiger partial charge in [0.25, 0.3) is 0 Å². The first-order chi connectivity index (χ1) is 4.27. The van der Waals surface area contributed by atoms with Crippen LogP contribution in [-0.4, -0.2) is 18.0 Å². The van der Waals surface area contributed by atoms with Crippen molar-refractivity contribution in [1.82, 2.24) is 0 Å². The molecular weight excluding hydrogens is 139 g/mol. The Bertz CT molecular complexity index is 62.5. The average Bonchev–Trinajstić information content (AvgIpc) is 1.80. The Hall–Kier alpha value is 0.270. The van der Waals surface area contributed by atoms with Gasteiger partial charge in [-0.05, 0) is 19.4 Å². The summed E-state index contributed by atoms with van der Waals surface area (Å²) in [6.07, 6.45) is 1.79. The molecule has 1 unspecified atom stereocenters. The highest BCUT2D eigenvalue weighted by Gasteiger charge is 1.93. The minimum absolute atomic E-state index is 0.510. The van der Waals surface area contributed by atoms with Gasteiger partial charge in [-0.25, -0.2) is 0 Å². The van der Waals surface area contributed by atoms with Crippen LogP contribution in [0.25, 0.3) is 0 Å². The maximum Gasteiger partial charge on any atom is 0.250 e. The first-order valence-electron chi connectivity index (χ1n) is 2.84. The van der Waals surface area contributed by atoms with E-state index in [-0.39, 0.29) is 0 Å². The molecule has 0 spiro atoms. The summed E-state index contributed by atoms with van der Waals surface area (Å²) in [4.78, 5) is 8.44. The van der Waals surface area contributed by atoms with Crippen LogP contribution in [0.2, 0.25) is 0 Å². The van der Waals surface area contributed by atoms with E-state index in [0.717, 1.165) is 12.8 Å². The third-order valence-electron chi connectivity index (χ3n) is 0.822. The Morgan fingerprint density at radius 2 is 2.11 bits per heavy atom. The minimum Gasteiger partial charge on any atom is -0.338 e. The molecule has 0 saturated heterocycles. The molecule has 0 saturated carbocycles. The van der Waals surface area contributed by atoms with E-state index in [1.54, 1.807) is 0 Å². The van der Waals surface area contributed by atoms with Crippen LogP contribution in [-0.2, 0) is 4.52 Å². The fourth-order valence-electron chi connectivity index (χ4n) is 0.404. The average molecular weight is 152 g/mol. The van der Waals surface area contributed by atoms with Gasteiger partial charge in [0.2, 0.25) is 8.53 Å². The van der Waals surface area contributed by atoms with Crippen LogP contribution in [0.3, 0.4) is 0 Å². The summed E-state index contributed by atoms with van der Waals surface area (Å²) in [5.41, 5.74) is 10.1. The second-order valence-corrected chi connectivity index (χ2v) is 2.49. The standard InChI is InChI=1S/C4H13N2O2P/c5-3-1-2-4-8-9(6)7/h7H,1-6H2. The van der Waals surface area contributed by atoms with Gasteiger partial charge in [0, 0.05) is 0 Å². The Balaban J connectivity index is 2.75. The van der Waals surface area contributed by atoms with Gasteiger partial charge in [-0.15, -0.1) is 0 Å². The third kappa shape index (κ3) is 8.27. The normalized spacial score (nSPS) is 13.7. The molecule has 0 rings (SSSR count). The van der Waals surface area contributed by atoms with E-state index >= 15 is 0 Å². The molecule has 1 atom stereocenters. The molecule has 0 aliphatic carbocycles. The van der Waals surface area contributed by atoms with Gasteiger partial charge in [0.15, 0.2) is 0 Å². The molecule has 0 radical (unpaired) electrons. The van der Waals surface area contributed by atoms with Crippen molar-refractivity contribution in [3.8, 4) is 0 Å². The van der Waals surface area contributed by atoms with Crippen molar-refractivity contribution in [3.63, 3.8) is 0 Å². The molecule has 0 amide bonds. The van der Waals surface area contributed by atoms with Gasteiger partial charge in [-0.2, -0.15) is 0 Å². The molecule has 9 heavy (non-hydrogen) atoms. The van der Waals surface area contributed by atoms with E-state index in [4.69, 9.17) is 16.1 Å². The van der Waals surface area contributed by atoms with Crippen molar-refractivity contribution in [2.45, 2.75) is 12.8 Å². The van der Waals surface area contributed by atoms with Crippen molar-refractivity contribution in [2.75, 3.05) is 13.2 Å². The largest absolute Gasteiger partial charge is 0.338 e. The topological polar surface area (TPSA) is 81.5 Å². The van der Waals surface area contributed by atoms with E-state index in [9.17, 15) is 0 Å². The van der Waals surface area contributed by atoms with Gasteiger partial charge < -0.3 is 15.2 Å². The second-order valence-electron chi connectivity index (χ2n) is 1.63. The molecule has 0 heterocycles. The van der Waals surface area contributed by atoms with E-state index in [1.807, 2.05) is 0 Å². The van der Waals surface area contributed by atoms with Crippen LogP contribution in [0.5, 0.6) is 0 Å². The molecule has 0 aliphatic rings. The summed E-state index contributed by atoms with van der Waals surface area (Å²) in [5.74, 6) is 0. The summed E-state index contributed by atoms with van der Waals surface area (Å²) < 4.78 is 4.69. The number of hydrogen-bond acceptors (Lipinski definition) is 4. The molecule has 0 aliphatic heterocycles. The minimum atomic E-state index is -1.66. The quantitative estimate of drug-likeness (QED) is 0.380. The third-order valence-corrected chi connectivity index (χ3v) is 1.27. The molecular formula is C4H13N2O2P. The van der Waals surface area contributed by atoms with Crippen molar-refractivity contribution >= 4 is 8.53 Å². The summed E-state index contributed by atoms with van der Waals surface area (Å²) in [5, 5.41) is 0. The highest BCUT2D eigenvalue weighted by molar-refractivity contribution is 7.43. The summed E-state index contributed by atoms with van der Waals surface area (Å²) in [6.45, 7) is 1.17. The first kappa shape index (κ1) is 9.27. The fourth-order valence-corrected chi connectivity index (χ4v) is 0.721. The van der Waals surface area contributed by atoms with Crippen LogP contribution in [0, 0.1) is 0 Å². The molecule has 56 valence electrons. The summed E-state index contributed by atoms with van der Waals surface area (Å²) in [7, 11) is -1.66. The van der Waals surface area contributed by atoms with Crippen LogP contribution >= 0.6 is 8.53 Å². The van der Waals surface area contributed by atoms with Crippen molar-refractivity contribution in [3.05, 3.63) is 0 Å². The Labute approximate surface area is 56.2 Å². The van der Waals surface area contributed by atoms with Gasteiger partial charge in [0.1, 0.15) is 0 Å². The van der Waals surface area contributed by atoms with E-state index in [2.05, 4.69) is 4.52 Å². The number of unbranched alkanes of at least 4 members (excludes halogenated alkanes) is 1. The SMILES string of the molecule is NCCCCOP(N)O. The first-order valence-corrected chi connectivity index (χ1v) is 4.12. The molecule has 0 aromatic carbocycles. The van der Waals surface area contributed by atoms with Crippen molar-refractivity contribution in [2.24, 2.45) is 11.2 Å². The lowest BCUT2D eigenvalue weighted by atomic mass is 10.3. The molecule has 5 N–H and O–H groups in total. The Morgan fingerprint density at radius 3 is 2.56 bits per heavy atom. The number of rotatable bonds is 5. The maximum atomic E-state index is 8.44.